The van der Waals surface area contributed by atoms with Gasteiger partial charge in [0, 0.05) is 13.3 Å². The highest BCUT2D eigenvalue weighted by Crippen LogP contribution is 2.71. The summed E-state index contributed by atoms with van der Waals surface area (Å²) in [6, 6.07) is 0. The van der Waals surface area contributed by atoms with Gasteiger partial charge in [0.2, 0.25) is 0 Å². The predicted octanol–water partition coefficient (Wildman–Crippen LogP) is 8.50. The molecule has 0 N–H and O–H groups in total. The summed E-state index contributed by atoms with van der Waals surface area (Å²) in [4.78, 5) is 11.6. The second kappa shape index (κ2) is 9.40. The molecule has 0 heterocycles. The van der Waals surface area contributed by atoms with Crippen LogP contribution in [0.15, 0.2) is 0 Å². The average molecular weight is 528 g/mol. The predicted molar refractivity (Wildman–Crippen MR) is 137 cm³/mol. The molecule has 0 radical (unpaired) electrons. The van der Waals surface area contributed by atoms with E-state index in [9.17, 15) is 4.79 Å². The van der Waals surface area contributed by atoms with Crippen LogP contribution in [0.1, 0.15) is 112 Å². The Labute approximate surface area is 210 Å². The quantitative estimate of drug-likeness (QED) is 0.256. The molecule has 33 heavy (non-hydrogen) atoms. The van der Waals surface area contributed by atoms with Gasteiger partial charge in [-0.15, -0.1) is 0 Å². The third-order valence-corrected chi connectivity index (χ3v) is 13.0. The zero-order chi connectivity index (χ0) is 24.2. The highest BCUT2D eigenvalue weighted by atomic mass is 79.9. The minimum Gasteiger partial charge on any atom is -0.463 e. The van der Waals surface area contributed by atoms with Crippen LogP contribution in [-0.2, 0) is 9.53 Å². The number of ether oxygens (including phenoxy) is 1. The van der Waals surface area contributed by atoms with E-state index in [-0.39, 0.29) is 17.5 Å². The largest absolute Gasteiger partial charge is 0.463 e. The molecule has 4 aliphatic carbocycles. The number of hydrogen-bond donors (Lipinski definition) is 0. The number of carbonyl (C=O) groups is 1. The zero-order valence-electron chi connectivity index (χ0n) is 22.0. The molecule has 4 aliphatic rings. The van der Waals surface area contributed by atoms with Gasteiger partial charge in [0.1, 0.15) is 12.3 Å². The molecule has 0 spiro atoms. The second-order valence-corrected chi connectivity index (χ2v) is 14.8. The van der Waals surface area contributed by atoms with Crippen molar-refractivity contribution < 1.29 is 13.9 Å². The Morgan fingerprint density at radius 1 is 1.06 bits per heavy atom. The van der Waals surface area contributed by atoms with Crippen LogP contribution >= 0.6 is 15.9 Å². The first-order valence-electron chi connectivity index (χ1n) is 13.9. The van der Waals surface area contributed by atoms with Crippen molar-refractivity contribution in [3.63, 3.8) is 0 Å². The molecule has 0 aromatic carbocycles. The Kier molecular flexibility index (Phi) is 7.39. The molecule has 1 unspecified atom stereocenters. The molecule has 2 nitrogen and oxygen atoms in total. The third-order valence-electron chi connectivity index (χ3n) is 11.2. The Bertz CT molecular complexity index is 726. The van der Waals surface area contributed by atoms with Crippen molar-refractivity contribution in [2.24, 2.45) is 46.3 Å². The van der Waals surface area contributed by atoms with Crippen LogP contribution < -0.4 is 0 Å². The molecule has 4 heteroatoms. The standard InChI is InChI=1S/C29H48BrFO2/c1-18(2)8-7-9-19(3)23-10-11-24-22-16-26(31)29(30)17-21(33-20(4)32)12-15-28(29,6)25(22)13-14-27(23,24)5/h18-19,21-26H,7-17H2,1-6H3/t19?,21-,22-,23+,24-,25-,26+,27+,28+,29-/m0/s1. The summed E-state index contributed by atoms with van der Waals surface area (Å²) in [5.41, 5.74) is 0.323. The lowest BCUT2D eigenvalue weighted by Gasteiger charge is -2.65. The van der Waals surface area contributed by atoms with Crippen molar-refractivity contribution in [1.29, 1.82) is 0 Å². The van der Waals surface area contributed by atoms with Gasteiger partial charge in [0.05, 0.1) is 4.32 Å². The van der Waals surface area contributed by atoms with Gasteiger partial charge in [-0.2, -0.15) is 0 Å². The molecular formula is C29H48BrFO2. The number of alkyl halides is 2. The molecule has 0 aromatic heterocycles. The zero-order valence-corrected chi connectivity index (χ0v) is 23.6. The van der Waals surface area contributed by atoms with E-state index in [2.05, 4.69) is 50.5 Å². The minimum absolute atomic E-state index is 0.0612. The molecule has 0 aliphatic heterocycles. The summed E-state index contributed by atoms with van der Waals surface area (Å²) in [5, 5.41) is 0. The summed E-state index contributed by atoms with van der Waals surface area (Å²) >= 11 is 3.98. The van der Waals surface area contributed by atoms with E-state index in [4.69, 9.17) is 4.74 Å². The molecule has 4 saturated carbocycles. The van der Waals surface area contributed by atoms with Gasteiger partial charge in [-0.05, 0) is 91.3 Å². The Hall–Kier alpha value is -0.120. The number of fused-ring (bicyclic) bond motifs is 5. The molecular weight excluding hydrogens is 479 g/mol. The van der Waals surface area contributed by atoms with Gasteiger partial charge in [-0.3, -0.25) is 4.79 Å². The normalized spacial score (nSPS) is 48.0. The Balaban J connectivity index is 1.51. The molecule has 4 fully saturated rings. The van der Waals surface area contributed by atoms with E-state index in [1.54, 1.807) is 0 Å². The van der Waals surface area contributed by atoms with E-state index >= 15 is 4.39 Å². The van der Waals surface area contributed by atoms with Gasteiger partial charge >= 0.3 is 5.97 Å². The number of carbonyl (C=O) groups excluding carboxylic acids is 1. The van der Waals surface area contributed by atoms with Gasteiger partial charge in [-0.25, -0.2) is 4.39 Å². The van der Waals surface area contributed by atoms with Crippen LogP contribution in [0, 0.1) is 46.3 Å². The lowest BCUT2D eigenvalue weighted by molar-refractivity contribution is -0.163. The van der Waals surface area contributed by atoms with E-state index in [0.29, 0.717) is 36.0 Å². The fourth-order valence-electron chi connectivity index (χ4n) is 9.51. The molecule has 0 bridgehead atoms. The maximum absolute atomic E-state index is 16.1. The van der Waals surface area contributed by atoms with E-state index in [0.717, 1.165) is 30.6 Å². The van der Waals surface area contributed by atoms with Gasteiger partial charge in [0.25, 0.3) is 0 Å². The van der Waals surface area contributed by atoms with Crippen LogP contribution in [0.2, 0.25) is 0 Å². The maximum atomic E-state index is 16.1. The first kappa shape index (κ1) is 26.0. The monoisotopic (exact) mass is 526 g/mol. The highest BCUT2D eigenvalue weighted by molar-refractivity contribution is 9.10. The van der Waals surface area contributed by atoms with Crippen LogP contribution in [0.5, 0.6) is 0 Å². The highest BCUT2D eigenvalue weighted by Gasteiger charge is 2.67. The molecule has 10 atom stereocenters. The average Bonchev–Trinajstić information content (AvgIpc) is 3.07. The number of rotatable bonds is 6. The first-order valence-corrected chi connectivity index (χ1v) is 14.7. The second-order valence-electron chi connectivity index (χ2n) is 13.4. The summed E-state index contributed by atoms with van der Waals surface area (Å²) in [6.45, 7) is 13.6. The topological polar surface area (TPSA) is 26.3 Å². The van der Waals surface area contributed by atoms with Gasteiger partial charge in [-0.1, -0.05) is 69.8 Å². The summed E-state index contributed by atoms with van der Waals surface area (Å²) in [6.07, 6.45) is 11.3. The van der Waals surface area contributed by atoms with Crippen LogP contribution in [0.4, 0.5) is 4.39 Å². The maximum Gasteiger partial charge on any atom is 0.302 e. The van der Waals surface area contributed by atoms with Crippen molar-refractivity contribution in [3.05, 3.63) is 0 Å². The van der Waals surface area contributed by atoms with Crippen molar-refractivity contribution >= 4 is 21.9 Å². The first-order chi connectivity index (χ1) is 15.4. The van der Waals surface area contributed by atoms with E-state index < -0.39 is 10.5 Å². The summed E-state index contributed by atoms with van der Waals surface area (Å²) in [7, 11) is 0. The summed E-state index contributed by atoms with van der Waals surface area (Å²) < 4.78 is 21.1. The van der Waals surface area contributed by atoms with Gasteiger partial charge in [0.15, 0.2) is 0 Å². The fourth-order valence-corrected chi connectivity index (χ4v) is 10.5. The Morgan fingerprint density at radius 2 is 1.79 bits per heavy atom. The van der Waals surface area contributed by atoms with Crippen molar-refractivity contribution in [2.45, 2.75) is 129 Å². The third kappa shape index (κ3) is 4.35. The van der Waals surface area contributed by atoms with Crippen LogP contribution in [0.25, 0.3) is 0 Å². The van der Waals surface area contributed by atoms with E-state index in [1.807, 2.05) is 0 Å². The number of halogens is 2. The minimum atomic E-state index is -0.869. The van der Waals surface area contributed by atoms with Crippen LogP contribution in [-0.4, -0.2) is 22.6 Å². The lowest BCUT2D eigenvalue weighted by atomic mass is 9.44. The summed E-state index contributed by atoms with van der Waals surface area (Å²) in [5.74, 6) is 3.90. The number of esters is 1. The fraction of sp³-hybridized carbons (Fsp3) is 0.966. The Morgan fingerprint density at radius 3 is 2.45 bits per heavy atom. The number of hydrogen-bond acceptors (Lipinski definition) is 2. The van der Waals surface area contributed by atoms with Gasteiger partial charge < -0.3 is 4.74 Å². The molecule has 0 aromatic rings. The molecule has 0 saturated heterocycles. The van der Waals surface area contributed by atoms with Crippen molar-refractivity contribution in [2.75, 3.05) is 0 Å². The lowest BCUT2D eigenvalue weighted by Crippen LogP contribution is -2.65. The van der Waals surface area contributed by atoms with Crippen LogP contribution in [0.3, 0.4) is 0 Å². The SMILES string of the molecule is CC(=O)O[C@H]1CC[C@]2(C)[C@H]3CC[C@]4(C)[C@@H](C(C)CCCC(C)C)CC[C@H]4[C@@H]3C[C@@H](F)[C@@]2(Br)C1. The smallest absolute Gasteiger partial charge is 0.302 e. The molecule has 190 valence electrons. The molecule has 4 rings (SSSR count). The molecule has 0 amide bonds. The van der Waals surface area contributed by atoms with E-state index in [1.165, 1.54) is 51.9 Å². The van der Waals surface area contributed by atoms with Crippen molar-refractivity contribution in [1.82, 2.24) is 0 Å². The van der Waals surface area contributed by atoms with Crippen molar-refractivity contribution in [3.8, 4) is 0 Å².